The van der Waals surface area contributed by atoms with Gasteiger partial charge in [0.1, 0.15) is 11.8 Å². The Hall–Kier alpha value is -1.38. The van der Waals surface area contributed by atoms with Crippen molar-refractivity contribution < 1.29 is 4.74 Å². The van der Waals surface area contributed by atoms with Crippen LogP contribution in [-0.4, -0.2) is 12.1 Å². The molecular weight excluding hydrogens is 190 g/mol. The van der Waals surface area contributed by atoms with Gasteiger partial charge in [-0.1, -0.05) is 23.4 Å². The van der Waals surface area contributed by atoms with Gasteiger partial charge < -0.3 is 4.74 Å². The van der Waals surface area contributed by atoms with E-state index in [1.807, 2.05) is 45.1 Å². The van der Waals surface area contributed by atoms with Gasteiger partial charge in [0.15, 0.2) is 0 Å². The van der Waals surface area contributed by atoms with E-state index in [2.05, 4.69) is 5.18 Å². The predicted octanol–water partition coefficient (Wildman–Crippen LogP) is 3.34. The summed E-state index contributed by atoms with van der Waals surface area (Å²) >= 11 is 0. The minimum absolute atomic E-state index is 0.0490. The van der Waals surface area contributed by atoms with Crippen LogP contribution >= 0.6 is 0 Å². The maximum absolute atomic E-state index is 10.7. The van der Waals surface area contributed by atoms with Gasteiger partial charge in [0.2, 0.25) is 0 Å². The third-order valence-electron chi connectivity index (χ3n) is 2.32. The zero-order chi connectivity index (χ0) is 11.3. The average molecular weight is 207 g/mol. The molecule has 2 atom stereocenters. The molecule has 0 aromatic carbocycles. The van der Waals surface area contributed by atoms with Crippen molar-refractivity contribution in [3.63, 3.8) is 0 Å². The Morgan fingerprint density at radius 2 is 2.00 bits per heavy atom. The molecule has 3 heteroatoms. The van der Waals surface area contributed by atoms with Gasteiger partial charge >= 0.3 is 0 Å². The van der Waals surface area contributed by atoms with Gasteiger partial charge in [-0.3, -0.25) is 0 Å². The molecular formula is C12H17NO2. The lowest BCUT2D eigenvalue weighted by Crippen LogP contribution is -2.24. The van der Waals surface area contributed by atoms with E-state index < -0.39 is 0 Å². The van der Waals surface area contributed by atoms with Crippen molar-refractivity contribution in [1.82, 2.24) is 0 Å². The fourth-order valence-electron chi connectivity index (χ4n) is 1.70. The number of rotatable bonds is 3. The summed E-state index contributed by atoms with van der Waals surface area (Å²) in [5.74, 6) is 0.763. The van der Waals surface area contributed by atoms with E-state index in [9.17, 15) is 4.91 Å². The molecule has 0 saturated heterocycles. The number of hydrogen-bond acceptors (Lipinski definition) is 3. The smallest absolute Gasteiger partial charge is 0.124 e. The molecule has 1 rings (SSSR count). The number of nitrogens with zero attached hydrogens (tertiary/aromatic N) is 1. The number of hydrogen-bond donors (Lipinski definition) is 0. The summed E-state index contributed by atoms with van der Waals surface area (Å²) in [6, 6.07) is -0.281. The summed E-state index contributed by atoms with van der Waals surface area (Å²) in [7, 11) is 0. The van der Waals surface area contributed by atoms with Crippen molar-refractivity contribution in [2.24, 2.45) is 5.18 Å². The molecule has 82 valence electrons. The maximum Gasteiger partial charge on any atom is 0.124 e. The second-order valence-corrected chi connectivity index (χ2v) is 3.60. The molecule has 0 amide bonds. The van der Waals surface area contributed by atoms with Crippen LogP contribution in [-0.2, 0) is 4.74 Å². The van der Waals surface area contributed by atoms with Crippen LogP contribution in [0.5, 0.6) is 0 Å². The maximum atomic E-state index is 10.7. The van der Waals surface area contributed by atoms with Crippen LogP contribution in [0.2, 0.25) is 0 Å². The van der Waals surface area contributed by atoms with Crippen molar-refractivity contribution >= 4 is 0 Å². The van der Waals surface area contributed by atoms with Crippen LogP contribution in [0.15, 0.2) is 40.8 Å². The minimum Gasteiger partial charge on any atom is -0.490 e. The summed E-state index contributed by atoms with van der Waals surface area (Å²) in [5, 5.41) is 3.16. The molecule has 3 nitrogen and oxygen atoms in total. The first-order valence-electron chi connectivity index (χ1n) is 5.21. The van der Waals surface area contributed by atoms with Crippen molar-refractivity contribution in [2.75, 3.05) is 0 Å². The van der Waals surface area contributed by atoms with E-state index in [1.54, 1.807) is 0 Å². The van der Waals surface area contributed by atoms with Crippen molar-refractivity contribution in [3.8, 4) is 0 Å². The van der Waals surface area contributed by atoms with Gasteiger partial charge in [0, 0.05) is 12.0 Å². The molecule has 1 aliphatic heterocycles. The molecule has 0 aliphatic carbocycles. The summed E-state index contributed by atoms with van der Waals surface area (Å²) in [4.78, 5) is 10.7. The van der Waals surface area contributed by atoms with E-state index in [0.29, 0.717) is 6.42 Å². The zero-order valence-electron chi connectivity index (χ0n) is 9.43. The largest absolute Gasteiger partial charge is 0.490 e. The second-order valence-electron chi connectivity index (χ2n) is 3.60. The molecule has 1 heterocycles. The van der Waals surface area contributed by atoms with E-state index in [1.165, 1.54) is 0 Å². The van der Waals surface area contributed by atoms with Crippen LogP contribution in [0, 0.1) is 4.91 Å². The fourth-order valence-corrected chi connectivity index (χ4v) is 1.70. The van der Waals surface area contributed by atoms with E-state index in [0.717, 1.165) is 11.3 Å². The molecule has 0 aromatic rings. The molecule has 1 aliphatic rings. The molecule has 0 bridgehead atoms. The highest BCUT2D eigenvalue weighted by Crippen LogP contribution is 2.28. The molecule has 0 N–H and O–H groups in total. The predicted molar refractivity (Wildman–Crippen MR) is 61.4 cm³/mol. The molecule has 2 unspecified atom stereocenters. The summed E-state index contributed by atoms with van der Waals surface area (Å²) < 4.78 is 5.67. The number of ether oxygens (including phenoxy) is 1. The van der Waals surface area contributed by atoms with Gasteiger partial charge in [-0.2, -0.15) is 4.91 Å². The quantitative estimate of drug-likeness (QED) is 0.666. The Balaban J connectivity index is 3.10. The topological polar surface area (TPSA) is 38.7 Å². The van der Waals surface area contributed by atoms with Crippen molar-refractivity contribution in [3.05, 3.63) is 40.5 Å². The first-order chi connectivity index (χ1) is 7.22. The van der Waals surface area contributed by atoms with E-state index in [-0.39, 0.29) is 12.1 Å². The van der Waals surface area contributed by atoms with Crippen LogP contribution in [0.1, 0.15) is 27.2 Å². The highest BCUT2D eigenvalue weighted by Gasteiger charge is 2.26. The first-order valence-corrected chi connectivity index (χ1v) is 5.21. The Morgan fingerprint density at radius 1 is 1.33 bits per heavy atom. The van der Waals surface area contributed by atoms with Crippen LogP contribution in [0.4, 0.5) is 0 Å². The standard InChI is InChI=1S/C12H17NO2/c1-4-6-10-11(13-14)8-9(3)15-12(10)7-5-2/h4-7,9,11H,8H2,1-3H3/b6-4-,7-5-. The Labute approximate surface area is 90.5 Å². The monoisotopic (exact) mass is 207 g/mol. The second kappa shape index (κ2) is 5.49. The van der Waals surface area contributed by atoms with Crippen LogP contribution in [0.25, 0.3) is 0 Å². The van der Waals surface area contributed by atoms with E-state index >= 15 is 0 Å². The lowest BCUT2D eigenvalue weighted by atomic mass is 9.97. The lowest BCUT2D eigenvalue weighted by molar-refractivity contribution is 0.111. The Morgan fingerprint density at radius 3 is 2.53 bits per heavy atom. The number of nitroso groups, excluding NO2 is 1. The third kappa shape index (κ3) is 2.78. The summed E-state index contributed by atoms with van der Waals surface area (Å²) in [6.07, 6.45) is 8.28. The average Bonchev–Trinajstić information content (AvgIpc) is 2.22. The summed E-state index contributed by atoms with van der Waals surface area (Å²) in [6.45, 7) is 5.79. The third-order valence-corrected chi connectivity index (χ3v) is 2.32. The van der Waals surface area contributed by atoms with Crippen molar-refractivity contribution in [1.29, 1.82) is 0 Å². The van der Waals surface area contributed by atoms with Gasteiger partial charge in [0.05, 0.1) is 6.10 Å². The van der Waals surface area contributed by atoms with Crippen LogP contribution in [0.3, 0.4) is 0 Å². The SMILES string of the molecule is C/C=C\C1=C(/C=C\C)C(N=O)CC(C)O1. The highest BCUT2D eigenvalue weighted by atomic mass is 16.5. The molecule has 15 heavy (non-hydrogen) atoms. The fraction of sp³-hybridized carbons (Fsp3) is 0.500. The van der Waals surface area contributed by atoms with Gasteiger partial charge in [0.25, 0.3) is 0 Å². The van der Waals surface area contributed by atoms with Gasteiger partial charge in [-0.15, -0.1) is 0 Å². The van der Waals surface area contributed by atoms with E-state index in [4.69, 9.17) is 4.74 Å². The van der Waals surface area contributed by atoms with Crippen molar-refractivity contribution in [2.45, 2.75) is 39.3 Å². The molecule has 0 radical (unpaired) electrons. The first kappa shape index (κ1) is 11.7. The number of allylic oxidation sites excluding steroid dienone is 3. The van der Waals surface area contributed by atoms with Gasteiger partial charge in [-0.05, 0) is 26.8 Å². The molecule has 0 aromatic heterocycles. The highest BCUT2D eigenvalue weighted by molar-refractivity contribution is 5.35. The summed E-state index contributed by atoms with van der Waals surface area (Å²) in [5.41, 5.74) is 0.878. The Kier molecular flexibility index (Phi) is 4.28. The molecule has 0 spiro atoms. The normalized spacial score (nSPS) is 27.4. The van der Waals surface area contributed by atoms with Gasteiger partial charge in [-0.25, -0.2) is 0 Å². The molecule has 0 fully saturated rings. The Bertz CT molecular complexity index is 316. The zero-order valence-corrected chi connectivity index (χ0v) is 9.43. The lowest BCUT2D eigenvalue weighted by Gasteiger charge is -2.26. The minimum atomic E-state index is -0.281. The molecule has 0 saturated carbocycles. The van der Waals surface area contributed by atoms with Crippen LogP contribution < -0.4 is 0 Å².